The number of hydrogen-bond donors (Lipinski definition) is 0. The van der Waals surface area contributed by atoms with Gasteiger partial charge in [-0.2, -0.15) is 0 Å². The van der Waals surface area contributed by atoms with Crippen molar-refractivity contribution in [2.75, 3.05) is 20.1 Å². The van der Waals surface area contributed by atoms with Gasteiger partial charge in [0.1, 0.15) is 0 Å². The predicted molar refractivity (Wildman–Crippen MR) is 137 cm³/mol. The SMILES string of the molecule is CCCCCCCCCCCCCCC[N+](C)([O-])CCCCCCCCCCCC. The van der Waals surface area contributed by atoms with Gasteiger partial charge in [-0.05, 0) is 25.7 Å². The molecule has 0 aliphatic carbocycles. The number of rotatable bonds is 25. The molecular weight excluding hydrogens is 366 g/mol. The van der Waals surface area contributed by atoms with Crippen LogP contribution in [0.15, 0.2) is 0 Å². The molecule has 0 rings (SSSR count). The Morgan fingerprint density at radius 1 is 0.367 bits per heavy atom. The average molecular weight is 426 g/mol. The van der Waals surface area contributed by atoms with E-state index in [4.69, 9.17) is 0 Å². The van der Waals surface area contributed by atoms with Gasteiger partial charge in [-0.1, -0.05) is 136 Å². The van der Waals surface area contributed by atoms with Crippen LogP contribution < -0.4 is 0 Å². The van der Waals surface area contributed by atoms with E-state index >= 15 is 0 Å². The Hall–Kier alpha value is -0.0800. The molecule has 0 amide bonds. The van der Waals surface area contributed by atoms with Gasteiger partial charge in [0.05, 0.1) is 20.1 Å². The molecule has 0 aromatic heterocycles. The molecular formula is C28H59NO. The van der Waals surface area contributed by atoms with E-state index in [1.165, 1.54) is 135 Å². The first-order chi connectivity index (χ1) is 14.6. The van der Waals surface area contributed by atoms with E-state index in [0.717, 1.165) is 25.9 Å². The van der Waals surface area contributed by atoms with E-state index in [2.05, 4.69) is 13.8 Å². The Bertz CT molecular complexity index is 316. The van der Waals surface area contributed by atoms with Crippen LogP contribution in [0, 0.1) is 5.21 Å². The third-order valence-corrected chi connectivity index (χ3v) is 6.72. The highest BCUT2D eigenvalue weighted by atomic mass is 16.5. The Balaban J connectivity index is 3.29. The smallest absolute Gasteiger partial charge is 0.0781 e. The molecule has 0 radical (unpaired) electrons. The van der Waals surface area contributed by atoms with E-state index in [-0.39, 0.29) is 4.65 Å². The van der Waals surface area contributed by atoms with Crippen molar-refractivity contribution in [3.63, 3.8) is 0 Å². The van der Waals surface area contributed by atoms with Crippen molar-refractivity contribution >= 4 is 0 Å². The summed E-state index contributed by atoms with van der Waals surface area (Å²) in [6.45, 7) is 6.22. The van der Waals surface area contributed by atoms with E-state index in [9.17, 15) is 5.21 Å². The summed E-state index contributed by atoms with van der Waals surface area (Å²) in [6, 6.07) is 0. The molecule has 182 valence electrons. The molecule has 0 aliphatic heterocycles. The largest absolute Gasteiger partial charge is 0.633 e. The monoisotopic (exact) mass is 425 g/mol. The average Bonchev–Trinajstić information content (AvgIpc) is 2.72. The van der Waals surface area contributed by atoms with Gasteiger partial charge in [0, 0.05) is 0 Å². The Labute approximate surface area is 191 Å². The molecule has 0 aromatic rings. The second-order valence-corrected chi connectivity index (χ2v) is 10.2. The normalized spacial score (nSPS) is 13.6. The molecule has 0 aliphatic rings. The summed E-state index contributed by atoms with van der Waals surface area (Å²) >= 11 is 0. The zero-order valence-electron chi connectivity index (χ0n) is 21.5. The quantitative estimate of drug-likeness (QED) is 0.0810. The van der Waals surface area contributed by atoms with E-state index < -0.39 is 0 Å². The molecule has 0 spiro atoms. The fourth-order valence-electron chi connectivity index (χ4n) is 4.51. The summed E-state index contributed by atoms with van der Waals surface area (Å²) in [5, 5.41) is 12.6. The highest BCUT2D eigenvalue weighted by molar-refractivity contribution is 4.51. The van der Waals surface area contributed by atoms with Gasteiger partial charge in [-0.3, -0.25) is 0 Å². The second kappa shape index (κ2) is 23.6. The zero-order chi connectivity index (χ0) is 22.2. The molecule has 30 heavy (non-hydrogen) atoms. The zero-order valence-corrected chi connectivity index (χ0v) is 21.5. The van der Waals surface area contributed by atoms with E-state index in [1.807, 2.05) is 7.05 Å². The molecule has 2 nitrogen and oxygen atoms in total. The first-order valence-corrected chi connectivity index (χ1v) is 14.2. The molecule has 1 atom stereocenters. The lowest BCUT2D eigenvalue weighted by Crippen LogP contribution is -2.39. The van der Waals surface area contributed by atoms with Crippen molar-refractivity contribution in [3.8, 4) is 0 Å². The van der Waals surface area contributed by atoms with E-state index in [0.29, 0.717) is 0 Å². The van der Waals surface area contributed by atoms with Crippen LogP contribution in [0.3, 0.4) is 0 Å². The highest BCUT2D eigenvalue weighted by Crippen LogP contribution is 2.15. The molecule has 1 unspecified atom stereocenters. The topological polar surface area (TPSA) is 23.1 Å². The van der Waals surface area contributed by atoms with Gasteiger partial charge in [-0.15, -0.1) is 0 Å². The standard InChI is InChI=1S/C28H59NO/c1-4-6-8-10-12-14-16-17-18-20-22-24-26-28-29(3,30)27-25-23-21-19-15-13-11-9-7-5-2/h4-28H2,1-3H3. The van der Waals surface area contributed by atoms with Gasteiger partial charge in [0.2, 0.25) is 0 Å². The van der Waals surface area contributed by atoms with Crippen LogP contribution >= 0.6 is 0 Å². The minimum Gasteiger partial charge on any atom is -0.633 e. The summed E-state index contributed by atoms with van der Waals surface area (Å²) in [5.74, 6) is 0. The molecule has 0 N–H and O–H groups in total. The number of unbranched alkanes of at least 4 members (excludes halogenated alkanes) is 21. The van der Waals surface area contributed by atoms with Gasteiger partial charge in [0.15, 0.2) is 0 Å². The van der Waals surface area contributed by atoms with Gasteiger partial charge >= 0.3 is 0 Å². The highest BCUT2D eigenvalue weighted by Gasteiger charge is 2.09. The number of hydrogen-bond acceptors (Lipinski definition) is 1. The fourth-order valence-corrected chi connectivity index (χ4v) is 4.51. The van der Waals surface area contributed by atoms with Crippen molar-refractivity contribution < 1.29 is 4.65 Å². The summed E-state index contributed by atoms with van der Waals surface area (Å²) in [4.78, 5) is 0. The molecule has 0 heterocycles. The maximum atomic E-state index is 12.6. The summed E-state index contributed by atoms with van der Waals surface area (Å²) < 4.78 is -0.00491. The van der Waals surface area contributed by atoms with Crippen LogP contribution in [0.1, 0.15) is 162 Å². The predicted octanol–water partition coefficient (Wildman–Crippen LogP) is 9.94. The first kappa shape index (κ1) is 29.9. The molecule has 0 fully saturated rings. The van der Waals surface area contributed by atoms with E-state index in [1.54, 1.807) is 0 Å². The van der Waals surface area contributed by atoms with Crippen molar-refractivity contribution in [3.05, 3.63) is 5.21 Å². The molecule has 0 bridgehead atoms. The first-order valence-electron chi connectivity index (χ1n) is 14.2. The minimum atomic E-state index is -0.00491. The molecule has 0 saturated carbocycles. The van der Waals surface area contributed by atoms with Crippen LogP contribution in [-0.4, -0.2) is 24.8 Å². The van der Waals surface area contributed by atoms with Crippen LogP contribution in [0.4, 0.5) is 0 Å². The minimum absolute atomic E-state index is 0.00491. The Kier molecular flexibility index (Phi) is 23.5. The third kappa shape index (κ3) is 24.2. The molecule has 0 saturated heterocycles. The van der Waals surface area contributed by atoms with Crippen molar-refractivity contribution in [1.82, 2.24) is 0 Å². The van der Waals surface area contributed by atoms with Crippen molar-refractivity contribution in [2.45, 2.75) is 162 Å². The van der Waals surface area contributed by atoms with Gasteiger partial charge < -0.3 is 9.85 Å². The fraction of sp³-hybridized carbons (Fsp3) is 1.00. The number of nitrogens with zero attached hydrogens (tertiary/aromatic N) is 1. The van der Waals surface area contributed by atoms with Crippen LogP contribution in [0.25, 0.3) is 0 Å². The van der Waals surface area contributed by atoms with Crippen molar-refractivity contribution in [2.24, 2.45) is 0 Å². The number of hydroxylamine groups is 3. The Morgan fingerprint density at radius 2 is 0.567 bits per heavy atom. The molecule has 2 heteroatoms. The van der Waals surface area contributed by atoms with Crippen LogP contribution in [-0.2, 0) is 0 Å². The maximum Gasteiger partial charge on any atom is 0.0781 e. The number of quaternary nitrogens is 1. The van der Waals surface area contributed by atoms with Gasteiger partial charge in [-0.25, -0.2) is 0 Å². The van der Waals surface area contributed by atoms with Crippen molar-refractivity contribution in [1.29, 1.82) is 0 Å². The van der Waals surface area contributed by atoms with Gasteiger partial charge in [0.25, 0.3) is 0 Å². The van der Waals surface area contributed by atoms with Crippen LogP contribution in [0.5, 0.6) is 0 Å². The lowest BCUT2D eigenvalue weighted by Gasteiger charge is -2.39. The Morgan fingerprint density at radius 3 is 0.800 bits per heavy atom. The summed E-state index contributed by atoms with van der Waals surface area (Å²) in [7, 11) is 1.90. The maximum absolute atomic E-state index is 12.6. The molecule has 0 aromatic carbocycles. The third-order valence-electron chi connectivity index (χ3n) is 6.72. The summed E-state index contributed by atoms with van der Waals surface area (Å²) in [5.41, 5.74) is 0. The lowest BCUT2D eigenvalue weighted by atomic mass is 10.0. The van der Waals surface area contributed by atoms with Crippen LogP contribution in [0.2, 0.25) is 0 Å². The lowest BCUT2D eigenvalue weighted by molar-refractivity contribution is -0.861. The summed E-state index contributed by atoms with van der Waals surface area (Å²) in [6.07, 6.45) is 31.3. The second-order valence-electron chi connectivity index (χ2n) is 10.2.